The van der Waals surface area contributed by atoms with Crippen molar-refractivity contribution < 1.29 is 40.3 Å². The smallest absolute Gasteiger partial charge is 0.416 e. The Kier molecular flexibility index (Phi) is 4.66. The average Bonchev–Trinajstić information content (AvgIpc) is 2.31. The van der Waals surface area contributed by atoms with Crippen molar-refractivity contribution in [3.63, 3.8) is 0 Å². The second-order valence-electron chi connectivity index (χ2n) is 3.25. The number of halogens is 8. The molecule has 1 rings (SSSR count). The Morgan fingerprint density at radius 2 is 1.45 bits per heavy atom. The maximum atomic E-state index is 13.4. The second-order valence-corrected chi connectivity index (χ2v) is 4.55. The number of esters is 1. The van der Waals surface area contributed by atoms with Gasteiger partial charge >= 0.3 is 12.1 Å². The molecule has 0 saturated carbocycles. The first-order valence-electron chi connectivity index (χ1n) is 4.48. The molecule has 0 unspecified atom stereocenters. The quantitative estimate of drug-likeness (QED) is 0.182. The summed E-state index contributed by atoms with van der Waals surface area (Å²) in [6.45, 7) is 3.05. The van der Waals surface area contributed by atoms with Gasteiger partial charge in [-0.3, -0.25) is 0 Å². The lowest BCUT2D eigenvalue weighted by Crippen LogP contribution is -2.29. The van der Waals surface area contributed by atoms with E-state index in [2.05, 4.69) is 11.3 Å². The second kappa shape index (κ2) is 5.58. The maximum absolute atomic E-state index is 13.4. The SMILES string of the molecule is C=C(I)c1c(F)c(F)c(F)c(F)c1OC(=O)C(F)(F)F. The summed E-state index contributed by atoms with van der Waals surface area (Å²) >= 11 is 1.21. The van der Waals surface area contributed by atoms with E-state index in [4.69, 9.17) is 0 Å². The standard InChI is InChI=1S/C10H2F7IO2/c1-2(18)3-4(11)5(12)6(13)7(14)8(3)20-9(19)10(15,16)17/h1H2. The van der Waals surface area contributed by atoms with Crippen LogP contribution >= 0.6 is 22.6 Å². The zero-order valence-electron chi connectivity index (χ0n) is 9.05. The molecule has 20 heavy (non-hydrogen) atoms. The highest BCUT2D eigenvalue weighted by Crippen LogP contribution is 2.38. The fourth-order valence-electron chi connectivity index (χ4n) is 1.10. The molecule has 110 valence electrons. The van der Waals surface area contributed by atoms with Gasteiger partial charge in [-0.15, -0.1) is 0 Å². The van der Waals surface area contributed by atoms with E-state index >= 15 is 0 Å². The molecule has 1 aromatic rings. The fraction of sp³-hybridized carbons (Fsp3) is 0.100. The number of hydrogen-bond donors (Lipinski definition) is 0. The van der Waals surface area contributed by atoms with Gasteiger partial charge in [0.1, 0.15) is 0 Å². The van der Waals surface area contributed by atoms with Gasteiger partial charge in [-0.2, -0.15) is 17.6 Å². The Labute approximate surface area is 120 Å². The molecule has 0 heterocycles. The van der Waals surface area contributed by atoms with Crippen LogP contribution < -0.4 is 4.74 Å². The summed E-state index contributed by atoms with van der Waals surface area (Å²) in [6, 6.07) is 0. The summed E-state index contributed by atoms with van der Waals surface area (Å²) < 4.78 is 91.7. The molecule has 10 heteroatoms. The molecule has 0 N–H and O–H groups in total. The van der Waals surface area contributed by atoms with Gasteiger partial charge < -0.3 is 4.74 Å². The van der Waals surface area contributed by atoms with Gasteiger partial charge in [0.15, 0.2) is 17.4 Å². The van der Waals surface area contributed by atoms with Crippen molar-refractivity contribution in [2.24, 2.45) is 0 Å². The molecular formula is C10H2F7IO2. The fourth-order valence-corrected chi connectivity index (χ4v) is 1.58. The lowest BCUT2D eigenvalue weighted by Gasteiger charge is -2.13. The monoisotopic (exact) mass is 414 g/mol. The molecule has 0 fully saturated rings. The van der Waals surface area contributed by atoms with E-state index in [1.807, 2.05) is 0 Å². The van der Waals surface area contributed by atoms with Crippen LogP contribution in [0.2, 0.25) is 0 Å². The summed E-state index contributed by atoms with van der Waals surface area (Å²) in [6.07, 6.45) is -5.53. The number of rotatable bonds is 2. The van der Waals surface area contributed by atoms with Crippen LogP contribution in [0.1, 0.15) is 5.56 Å². The maximum Gasteiger partial charge on any atom is 0.491 e. The number of hydrogen-bond acceptors (Lipinski definition) is 2. The van der Waals surface area contributed by atoms with Gasteiger partial charge in [-0.25, -0.2) is 18.0 Å². The number of alkyl halides is 3. The lowest BCUT2D eigenvalue weighted by molar-refractivity contribution is -0.189. The molecule has 0 radical (unpaired) electrons. The molecule has 0 aromatic heterocycles. The third-order valence-electron chi connectivity index (χ3n) is 1.92. The first-order chi connectivity index (χ1) is 8.98. The average molecular weight is 414 g/mol. The van der Waals surface area contributed by atoms with E-state index in [1.165, 1.54) is 22.6 Å². The number of ether oxygens (including phenoxy) is 1. The third kappa shape index (κ3) is 3.04. The van der Waals surface area contributed by atoms with Crippen LogP contribution in [0.3, 0.4) is 0 Å². The number of carbonyl (C=O) groups excluding carboxylic acids is 1. The van der Waals surface area contributed by atoms with Crippen molar-refractivity contribution in [3.8, 4) is 5.75 Å². The zero-order chi connectivity index (χ0) is 15.8. The molecular weight excluding hydrogens is 412 g/mol. The Bertz CT molecular complexity index is 594. The van der Waals surface area contributed by atoms with Gasteiger partial charge in [0.2, 0.25) is 11.6 Å². The molecule has 0 bridgehead atoms. The van der Waals surface area contributed by atoms with Crippen molar-refractivity contribution >= 4 is 32.1 Å². The molecule has 0 amide bonds. The van der Waals surface area contributed by atoms with Crippen molar-refractivity contribution in [1.82, 2.24) is 0 Å². The number of carbonyl (C=O) groups is 1. The van der Waals surface area contributed by atoms with Crippen LogP contribution in [0.5, 0.6) is 5.75 Å². The van der Waals surface area contributed by atoms with Crippen LogP contribution in [-0.4, -0.2) is 12.1 Å². The van der Waals surface area contributed by atoms with Crippen LogP contribution in [-0.2, 0) is 4.79 Å². The Morgan fingerprint density at radius 3 is 1.85 bits per heavy atom. The molecule has 0 aliphatic rings. The predicted molar refractivity (Wildman–Crippen MR) is 61.0 cm³/mol. The Morgan fingerprint density at radius 1 is 1.00 bits per heavy atom. The van der Waals surface area contributed by atoms with Gasteiger partial charge in [0.05, 0.1) is 5.56 Å². The van der Waals surface area contributed by atoms with Gasteiger partial charge in [0, 0.05) is 3.58 Å². The van der Waals surface area contributed by atoms with Crippen molar-refractivity contribution in [2.45, 2.75) is 6.18 Å². The third-order valence-corrected chi connectivity index (χ3v) is 2.46. The van der Waals surface area contributed by atoms with E-state index in [9.17, 15) is 35.5 Å². The topological polar surface area (TPSA) is 26.3 Å². The van der Waals surface area contributed by atoms with E-state index < -0.39 is 50.3 Å². The lowest BCUT2D eigenvalue weighted by atomic mass is 10.1. The predicted octanol–water partition coefficient (Wildman–Crippen LogP) is 4.12. The van der Waals surface area contributed by atoms with Gasteiger partial charge in [0.25, 0.3) is 0 Å². The van der Waals surface area contributed by atoms with Crippen LogP contribution in [0, 0.1) is 23.3 Å². The minimum atomic E-state index is -5.53. The largest absolute Gasteiger partial charge is 0.491 e. The normalized spacial score (nSPS) is 11.4. The Balaban J connectivity index is 3.53. The van der Waals surface area contributed by atoms with Crippen molar-refractivity contribution in [1.29, 1.82) is 0 Å². The molecule has 0 saturated heterocycles. The van der Waals surface area contributed by atoms with Crippen LogP contribution in [0.15, 0.2) is 6.58 Å². The van der Waals surface area contributed by atoms with Crippen LogP contribution in [0.4, 0.5) is 30.7 Å². The van der Waals surface area contributed by atoms with E-state index in [0.717, 1.165) is 0 Å². The molecule has 2 nitrogen and oxygen atoms in total. The summed E-state index contributed by atoms with van der Waals surface area (Å²) in [4.78, 5) is 10.6. The van der Waals surface area contributed by atoms with E-state index in [-0.39, 0.29) is 0 Å². The van der Waals surface area contributed by atoms with E-state index in [0.29, 0.717) is 0 Å². The first-order valence-corrected chi connectivity index (χ1v) is 5.56. The summed E-state index contributed by atoms with van der Waals surface area (Å²) in [5.74, 6) is -13.6. The minimum Gasteiger partial charge on any atom is -0.416 e. The highest BCUT2D eigenvalue weighted by Gasteiger charge is 2.43. The van der Waals surface area contributed by atoms with Crippen LogP contribution in [0.25, 0.3) is 3.58 Å². The van der Waals surface area contributed by atoms with Crippen molar-refractivity contribution in [2.75, 3.05) is 0 Å². The summed E-state index contributed by atoms with van der Waals surface area (Å²) in [5, 5.41) is 0. The zero-order valence-corrected chi connectivity index (χ0v) is 11.2. The molecule has 0 aliphatic heterocycles. The summed E-state index contributed by atoms with van der Waals surface area (Å²) in [7, 11) is 0. The highest BCUT2D eigenvalue weighted by molar-refractivity contribution is 14.1. The van der Waals surface area contributed by atoms with Gasteiger partial charge in [-0.05, 0) is 22.6 Å². The highest BCUT2D eigenvalue weighted by atomic mass is 127. The number of benzene rings is 1. The Hall–Kier alpha value is -1.33. The molecule has 0 atom stereocenters. The van der Waals surface area contributed by atoms with Gasteiger partial charge in [-0.1, -0.05) is 6.58 Å². The first kappa shape index (κ1) is 16.7. The minimum absolute atomic E-state index is 0.497. The van der Waals surface area contributed by atoms with E-state index in [1.54, 1.807) is 0 Å². The molecule has 0 spiro atoms. The summed E-state index contributed by atoms with van der Waals surface area (Å²) in [5.41, 5.74) is -1.21. The molecule has 1 aromatic carbocycles. The van der Waals surface area contributed by atoms with Crippen molar-refractivity contribution in [3.05, 3.63) is 35.4 Å². The molecule has 0 aliphatic carbocycles.